The summed E-state index contributed by atoms with van der Waals surface area (Å²) in [7, 11) is 0. The lowest BCUT2D eigenvalue weighted by atomic mass is 9.85. The van der Waals surface area contributed by atoms with E-state index in [0.717, 1.165) is 29.4 Å². The Kier molecular flexibility index (Phi) is 10.2. The van der Waals surface area contributed by atoms with Gasteiger partial charge in [0, 0.05) is 36.8 Å². The van der Waals surface area contributed by atoms with Gasteiger partial charge in [-0.1, -0.05) is 44.9 Å². The number of benzene rings is 1. The molecule has 0 bridgehead atoms. The first-order chi connectivity index (χ1) is 24.1. The second-order valence-electron chi connectivity index (χ2n) is 12.6. The molecule has 0 N–H and O–H groups in total. The van der Waals surface area contributed by atoms with Crippen molar-refractivity contribution in [1.82, 2.24) is 9.55 Å². The van der Waals surface area contributed by atoms with Gasteiger partial charge in [0.05, 0.1) is 35.6 Å². The topological polar surface area (TPSA) is 159 Å². The summed E-state index contributed by atoms with van der Waals surface area (Å²) in [6.45, 7) is 6.16. The Morgan fingerprint density at radius 2 is 1.84 bits per heavy atom. The number of carbonyl (C=O) groups is 4. The van der Waals surface area contributed by atoms with Gasteiger partial charge < -0.3 is 33.0 Å². The Labute approximate surface area is 288 Å². The van der Waals surface area contributed by atoms with E-state index >= 15 is 0 Å². The van der Waals surface area contributed by atoms with Gasteiger partial charge in [-0.2, -0.15) is 0 Å². The second-order valence-corrected chi connectivity index (χ2v) is 12.6. The van der Waals surface area contributed by atoms with Crippen LogP contribution < -0.4 is 5.56 Å². The van der Waals surface area contributed by atoms with Crippen molar-refractivity contribution in [3.8, 4) is 11.4 Å². The molecule has 2 unspecified atom stereocenters. The highest BCUT2D eigenvalue weighted by Crippen LogP contribution is 2.42. The number of fused-ring (bicyclic) bond motifs is 5. The molecule has 0 radical (unpaired) electrons. The molecule has 5 heterocycles. The predicted molar refractivity (Wildman–Crippen MR) is 177 cm³/mol. The molecule has 50 heavy (non-hydrogen) atoms. The van der Waals surface area contributed by atoms with Crippen molar-refractivity contribution >= 4 is 34.8 Å². The Hall–Kier alpha value is -4.88. The van der Waals surface area contributed by atoms with Gasteiger partial charge in [-0.15, -0.1) is 0 Å². The Balaban J connectivity index is 1.36. The normalized spacial score (nSPS) is 21.9. The maximum Gasteiger partial charge on any atom is 0.355 e. The zero-order chi connectivity index (χ0) is 35.6. The van der Waals surface area contributed by atoms with E-state index < -0.39 is 48.0 Å². The molecule has 1 aromatic carbocycles. The third-order valence-corrected chi connectivity index (χ3v) is 9.23. The fourth-order valence-electron chi connectivity index (χ4n) is 6.72. The zero-order valence-corrected chi connectivity index (χ0v) is 28.5. The van der Waals surface area contributed by atoms with E-state index in [1.165, 1.54) is 13.8 Å². The van der Waals surface area contributed by atoms with Crippen LogP contribution in [-0.2, 0) is 73.0 Å². The van der Waals surface area contributed by atoms with Crippen LogP contribution >= 0.6 is 0 Å². The lowest BCUT2D eigenvalue weighted by Gasteiger charge is -2.35. The van der Waals surface area contributed by atoms with Gasteiger partial charge in [-0.25, -0.2) is 9.78 Å². The molecule has 4 atom stereocenters. The van der Waals surface area contributed by atoms with Crippen molar-refractivity contribution in [2.45, 2.75) is 104 Å². The van der Waals surface area contributed by atoms with Gasteiger partial charge >= 0.3 is 23.9 Å². The minimum Gasteiger partial charge on any atom is -0.463 e. The first-order valence-electron chi connectivity index (χ1n) is 16.9. The SMILES string of the molecule is CCCCCC(=O)O[C@]1(CC)C(=O)OCc2c1cc1n(c2=O)Cc2c-1nc1ccccc1c2COC1C=C[C@H](OC(C)=O)C(COC(C)=O)O1. The average Bonchev–Trinajstić information content (AvgIpc) is 3.46. The molecule has 264 valence electrons. The first-order valence-corrected chi connectivity index (χ1v) is 16.9. The quantitative estimate of drug-likeness (QED) is 0.0889. The summed E-state index contributed by atoms with van der Waals surface area (Å²) in [4.78, 5) is 68.6. The van der Waals surface area contributed by atoms with Crippen molar-refractivity contribution in [2.24, 2.45) is 0 Å². The van der Waals surface area contributed by atoms with Crippen LogP contribution in [0.25, 0.3) is 22.3 Å². The number of ether oxygens (including phenoxy) is 6. The molecule has 0 fully saturated rings. The standard InChI is InChI=1S/C37H40N2O11/c1-5-7-8-13-32(42)50-37(6-2)27-16-29-34-24(17-39(29)35(43)26(27)19-47-36(37)44)25(23-11-9-10-12-28(23)38-34)18-46-33-15-14-30(48-22(4)41)31(49-33)20-45-21(3)40/h9-12,14-16,30-31,33H,5-8,13,17-20H2,1-4H3/t30-,31?,33?,37-/m0/s1. The second kappa shape index (κ2) is 14.5. The summed E-state index contributed by atoms with van der Waals surface area (Å²) in [5.74, 6) is -2.25. The van der Waals surface area contributed by atoms with Gasteiger partial charge in [0.15, 0.2) is 6.29 Å². The Bertz CT molecular complexity index is 1930. The van der Waals surface area contributed by atoms with Crippen LogP contribution in [0.4, 0.5) is 0 Å². The van der Waals surface area contributed by atoms with E-state index in [4.69, 9.17) is 33.4 Å². The largest absolute Gasteiger partial charge is 0.463 e. The number of nitrogens with zero attached hydrogens (tertiary/aromatic N) is 2. The highest BCUT2D eigenvalue weighted by atomic mass is 16.7. The minimum absolute atomic E-state index is 0.0528. The van der Waals surface area contributed by atoms with Crippen molar-refractivity contribution in [3.63, 3.8) is 0 Å². The van der Waals surface area contributed by atoms with E-state index in [-0.39, 0.29) is 50.3 Å². The van der Waals surface area contributed by atoms with E-state index in [2.05, 4.69) is 0 Å². The van der Waals surface area contributed by atoms with Gasteiger partial charge in [-0.05, 0) is 42.7 Å². The van der Waals surface area contributed by atoms with E-state index in [1.54, 1.807) is 29.7 Å². The number of aromatic nitrogens is 2. The number of hydrogen-bond donors (Lipinski definition) is 0. The van der Waals surface area contributed by atoms with Crippen molar-refractivity contribution < 1.29 is 47.6 Å². The number of carbonyl (C=O) groups excluding carboxylic acids is 4. The summed E-state index contributed by atoms with van der Waals surface area (Å²) in [5, 5.41) is 0.813. The summed E-state index contributed by atoms with van der Waals surface area (Å²) < 4.78 is 35.7. The van der Waals surface area contributed by atoms with Crippen LogP contribution in [0.1, 0.15) is 82.1 Å². The molecule has 6 rings (SSSR count). The number of para-hydroxylation sites is 1. The number of esters is 4. The van der Waals surface area contributed by atoms with Crippen LogP contribution in [-0.4, -0.2) is 58.5 Å². The molecule has 0 amide bonds. The summed E-state index contributed by atoms with van der Waals surface area (Å²) in [5.41, 5.74) is 1.69. The zero-order valence-electron chi connectivity index (χ0n) is 28.5. The molecule has 0 saturated carbocycles. The predicted octanol–water partition coefficient (Wildman–Crippen LogP) is 4.50. The molecular weight excluding hydrogens is 648 g/mol. The minimum atomic E-state index is -1.76. The van der Waals surface area contributed by atoms with Gasteiger partial charge in [0.2, 0.25) is 5.60 Å². The van der Waals surface area contributed by atoms with E-state index in [9.17, 15) is 24.0 Å². The summed E-state index contributed by atoms with van der Waals surface area (Å²) in [6, 6.07) is 9.26. The molecular formula is C37H40N2O11. The first kappa shape index (κ1) is 35.0. The molecule has 0 saturated heterocycles. The van der Waals surface area contributed by atoms with Gasteiger partial charge in [0.1, 0.15) is 25.4 Å². The monoisotopic (exact) mass is 688 g/mol. The smallest absolute Gasteiger partial charge is 0.355 e. The Morgan fingerprint density at radius 1 is 1.04 bits per heavy atom. The fraction of sp³-hybridized carbons (Fsp3) is 0.459. The molecule has 3 aromatic rings. The van der Waals surface area contributed by atoms with Crippen LogP contribution in [0.2, 0.25) is 0 Å². The van der Waals surface area contributed by atoms with Crippen molar-refractivity contribution in [3.05, 3.63) is 75.1 Å². The lowest BCUT2D eigenvalue weighted by Crippen LogP contribution is -2.47. The molecule has 0 aliphatic carbocycles. The van der Waals surface area contributed by atoms with Crippen molar-refractivity contribution in [1.29, 1.82) is 0 Å². The molecule has 13 heteroatoms. The molecule has 13 nitrogen and oxygen atoms in total. The van der Waals surface area contributed by atoms with E-state index in [1.807, 2.05) is 31.2 Å². The third kappa shape index (κ3) is 6.67. The van der Waals surface area contributed by atoms with Gasteiger partial charge in [0.25, 0.3) is 5.56 Å². The van der Waals surface area contributed by atoms with Crippen LogP contribution in [0.15, 0.2) is 47.3 Å². The van der Waals surface area contributed by atoms with Crippen LogP contribution in [0.5, 0.6) is 0 Å². The van der Waals surface area contributed by atoms with Crippen LogP contribution in [0, 0.1) is 0 Å². The Morgan fingerprint density at radius 3 is 2.58 bits per heavy atom. The third-order valence-electron chi connectivity index (χ3n) is 9.23. The maximum absolute atomic E-state index is 14.1. The summed E-state index contributed by atoms with van der Waals surface area (Å²) in [6.07, 6.45) is 3.46. The molecule has 2 aromatic heterocycles. The van der Waals surface area contributed by atoms with Crippen molar-refractivity contribution in [2.75, 3.05) is 6.61 Å². The fourth-order valence-corrected chi connectivity index (χ4v) is 6.72. The average molecular weight is 689 g/mol. The number of unbranched alkanes of at least 4 members (excludes halogenated alkanes) is 2. The number of hydrogen-bond acceptors (Lipinski definition) is 12. The summed E-state index contributed by atoms with van der Waals surface area (Å²) >= 11 is 0. The number of cyclic esters (lactones) is 1. The number of pyridine rings is 2. The number of rotatable bonds is 12. The molecule has 3 aliphatic rings. The maximum atomic E-state index is 14.1. The lowest BCUT2D eigenvalue weighted by molar-refractivity contribution is -0.200. The van der Waals surface area contributed by atoms with Crippen LogP contribution in [0.3, 0.4) is 0 Å². The highest BCUT2D eigenvalue weighted by molar-refractivity contribution is 5.90. The van der Waals surface area contributed by atoms with Gasteiger partial charge in [-0.3, -0.25) is 19.2 Å². The molecule has 0 spiro atoms. The van der Waals surface area contributed by atoms with E-state index in [0.29, 0.717) is 28.9 Å². The molecule has 3 aliphatic heterocycles. The highest BCUT2D eigenvalue weighted by Gasteiger charge is 2.50.